The van der Waals surface area contributed by atoms with Crippen molar-refractivity contribution in [3.63, 3.8) is 0 Å². The Kier molecular flexibility index (Phi) is 7.49. The van der Waals surface area contributed by atoms with Crippen molar-refractivity contribution in [1.29, 1.82) is 5.26 Å². The highest BCUT2D eigenvalue weighted by Gasteiger charge is 2.49. The number of alkyl halides is 4. The van der Waals surface area contributed by atoms with Gasteiger partial charge >= 0.3 is 12.2 Å². The van der Waals surface area contributed by atoms with Crippen LogP contribution in [0.4, 0.5) is 37.2 Å². The van der Waals surface area contributed by atoms with Gasteiger partial charge in [0.15, 0.2) is 5.82 Å². The molecule has 3 aliphatic rings. The van der Waals surface area contributed by atoms with E-state index in [1.807, 2.05) is 11.0 Å². The summed E-state index contributed by atoms with van der Waals surface area (Å²) in [5.41, 5.74) is 1.43. The van der Waals surface area contributed by atoms with Gasteiger partial charge in [-0.2, -0.15) is 28.4 Å². The number of aliphatic hydroxyl groups excluding tert-OH is 1. The summed E-state index contributed by atoms with van der Waals surface area (Å²) < 4.78 is 96.5. The summed E-state index contributed by atoms with van der Waals surface area (Å²) in [4.78, 5) is 12.3. The largest absolute Gasteiger partial charge is 0.461 e. The van der Waals surface area contributed by atoms with Crippen LogP contribution in [0.1, 0.15) is 43.2 Å². The number of nitrogens with two attached hydrogens (primary N) is 1. The molecule has 47 heavy (non-hydrogen) atoms. The van der Waals surface area contributed by atoms with E-state index >= 15 is 4.39 Å². The van der Waals surface area contributed by atoms with E-state index in [2.05, 4.69) is 9.97 Å². The molecule has 2 unspecified atom stereocenters. The van der Waals surface area contributed by atoms with Crippen LogP contribution in [-0.4, -0.2) is 71.6 Å². The number of aliphatic hydroxyl groups is 1. The fourth-order valence-electron chi connectivity index (χ4n) is 7.31. The molecule has 2 saturated heterocycles. The van der Waals surface area contributed by atoms with Gasteiger partial charge < -0.3 is 20.5 Å². The third-order valence-electron chi connectivity index (χ3n) is 9.85. The lowest BCUT2D eigenvalue weighted by Crippen LogP contribution is -2.43. The van der Waals surface area contributed by atoms with E-state index < -0.39 is 51.6 Å². The summed E-state index contributed by atoms with van der Waals surface area (Å²) in [7, 11) is 1.58. The summed E-state index contributed by atoms with van der Waals surface area (Å²) in [6, 6.07) is 4.16. The van der Waals surface area contributed by atoms with Crippen LogP contribution in [0.3, 0.4) is 0 Å². The monoisotopic (exact) mass is 676 g/mol. The standard InChI is InChI=1S/C32H30F6N6O2S/c1-43(13-30(14-45)6-7-30)28-18-9-20(32(36,37)38)23(17-3-4-21(34)26-22(17)19(11-39)27(40)47-26)24(35)25(18)41-29(42-28)46-15-31-5-2-8-44(31)12-16(33)10-31/h3-4,9,16,45H,2,5-8,10,12-15,40H2,1H3. The number of aromatic nitrogens is 2. The fraction of sp³-hybridized carbons (Fsp3) is 0.469. The van der Waals surface area contributed by atoms with E-state index in [4.69, 9.17) is 10.5 Å². The zero-order valence-electron chi connectivity index (χ0n) is 25.2. The smallest absolute Gasteiger partial charge is 0.417 e. The van der Waals surface area contributed by atoms with Crippen LogP contribution < -0.4 is 15.4 Å². The molecule has 248 valence electrons. The molecule has 2 aromatic heterocycles. The number of benzene rings is 2. The average Bonchev–Trinajstić information content (AvgIpc) is 3.39. The maximum atomic E-state index is 16.9. The molecule has 8 nitrogen and oxygen atoms in total. The number of hydrogen-bond acceptors (Lipinski definition) is 9. The van der Waals surface area contributed by atoms with Crippen molar-refractivity contribution in [3.8, 4) is 23.2 Å². The quantitative estimate of drug-likeness (QED) is 0.206. The number of ether oxygens (including phenoxy) is 1. The average molecular weight is 677 g/mol. The molecular formula is C32H30F6N6O2S. The minimum Gasteiger partial charge on any atom is -0.461 e. The maximum Gasteiger partial charge on any atom is 0.417 e. The Labute approximate surface area is 269 Å². The number of hydrogen-bond donors (Lipinski definition) is 2. The zero-order valence-corrected chi connectivity index (χ0v) is 26.0. The number of fused-ring (bicyclic) bond motifs is 3. The van der Waals surface area contributed by atoms with Gasteiger partial charge in [-0.15, -0.1) is 11.3 Å². The van der Waals surface area contributed by atoms with Crippen molar-refractivity contribution in [2.45, 2.75) is 50.0 Å². The van der Waals surface area contributed by atoms with Crippen molar-refractivity contribution in [2.24, 2.45) is 5.41 Å². The molecule has 1 aliphatic carbocycles. The van der Waals surface area contributed by atoms with Crippen LogP contribution in [0.15, 0.2) is 18.2 Å². The van der Waals surface area contributed by atoms with Crippen LogP contribution in [0, 0.1) is 28.4 Å². The van der Waals surface area contributed by atoms with E-state index in [-0.39, 0.29) is 76.2 Å². The van der Waals surface area contributed by atoms with Gasteiger partial charge in [0, 0.05) is 48.3 Å². The predicted octanol–water partition coefficient (Wildman–Crippen LogP) is 6.43. The van der Waals surface area contributed by atoms with Crippen LogP contribution in [-0.2, 0) is 6.18 Å². The van der Waals surface area contributed by atoms with Gasteiger partial charge in [-0.25, -0.2) is 13.2 Å². The van der Waals surface area contributed by atoms with Crippen molar-refractivity contribution in [2.75, 3.05) is 50.5 Å². The topological polar surface area (TPSA) is 112 Å². The second kappa shape index (κ2) is 11.1. The predicted molar refractivity (Wildman–Crippen MR) is 165 cm³/mol. The number of nitrogens with zero attached hydrogens (tertiary/aromatic N) is 5. The van der Waals surface area contributed by atoms with Gasteiger partial charge in [0.1, 0.15) is 41.0 Å². The number of halogens is 6. The van der Waals surface area contributed by atoms with Gasteiger partial charge in [0.2, 0.25) is 0 Å². The second-order valence-electron chi connectivity index (χ2n) is 13.0. The summed E-state index contributed by atoms with van der Waals surface area (Å²) in [5, 5.41) is 19.1. The Morgan fingerprint density at radius 3 is 2.68 bits per heavy atom. The number of anilines is 2. The first kappa shape index (κ1) is 31.7. The molecular weight excluding hydrogens is 646 g/mol. The molecule has 7 rings (SSSR count). The molecule has 4 aromatic rings. The Bertz CT molecular complexity index is 1960. The molecule has 0 radical (unpaired) electrons. The molecule has 2 aliphatic heterocycles. The first-order chi connectivity index (χ1) is 22.3. The first-order valence-corrected chi connectivity index (χ1v) is 16.0. The highest BCUT2D eigenvalue weighted by Crippen LogP contribution is 2.50. The lowest BCUT2D eigenvalue weighted by atomic mass is 9.92. The van der Waals surface area contributed by atoms with E-state index in [1.54, 1.807) is 11.9 Å². The zero-order chi connectivity index (χ0) is 33.5. The number of rotatable bonds is 8. The van der Waals surface area contributed by atoms with E-state index in [9.17, 15) is 32.3 Å². The summed E-state index contributed by atoms with van der Waals surface area (Å²) >= 11 is 0.683. The lowest BCUT2D eigenvalue weighted by Gasteiger charge is -2.31. The summed E-state index contributed by atoms with van der Waals surface area (Å²) in [6.45, 7) is 1.03. The first-order valence-electron chi connectivity index (χ1n) is 15.2. The molecule has 3 fully saturated rings. The number of nitriles is 1. The van der Waals surface area contributed by atoms with Gasteiger partial charge in [-0.3, -0.25) is 4.90 Å². The molecule has 2 atom stereocenters. The Hall–Kier alpha value is -3.87. The van der Waals surface area contributed by atoms with Crippen LogP contribution in [0.25, 0.3) is 32.1 Å². The second-order valence-corrected chi connectivity index (χ2v) is 14.0. The number of nitrogen functional groups attached to an aromatic ring is 1. The SMILES string of the molecule is CN(CC1(CO)CC1)c1nc(OCC23CCCN2CC(F)C3)nc2c(F)c(-c3ccc(F)c4sc(N)c(C#N)c34)c(C(F)(F)F)cc12. The summed E-state index contributed by atoms with van der Waals surface area (Å²) in [6.07, 6.45) is -2.99. The maximum absolute atomic E-state index is 16.9. The van der Waals surface area contributed by atoms with Crippen molar-refractivity contribution >= 4 is 43.1 Å². The minimum absolute atomic E-state index is 0.00391. The highest BCUT2D eigenvalue weighted by molar-refractivity contribution is 7.23. The molecule has 0 spiro atoms. The van der Waals surface area contributed by atoms with Crippen LogP contribution in [0.2, 0.25) is 0 Å². The third-order valence-corrected chi connectivity index (χ3v) is 10.9. The number of thiophene rings is 1. The fourth-order valence-corrected chi connectivity index (χ4v) is 8.26. The molecule has 0 amide bonds. The lowest BCUT2D eigenvalue weighted by molar-refractivity contribution is -0.137. The normalized spacial score (nSPS) is 22.1. The molecule has 2 aromatic carbocycles. The van der Waals surface area contributed by atoms with Crippen molar-refractivity contribution < 1.29 is 36.2 Å². The molecule has 15 heteroatoms. The highest BCUT2D eigenvalue weighted by atomic mass is 32.1. The Balaban J connectivity index is 1.45. The van der Waals surface area contributed by atoms with Gasteiger partial charge in [0.05, 0.1) is 28.0 Å². The molecule has 4 heterocycles. The van der Waals surface area contributed by atoms with Crippen LogP contribution >= 0.6 is 11.3 Å². The minimum atomic E-state index is -5.09. The Morgan fingerprint density at radius 2 is 2.00 bits per heavy atom. The van der Waals surface area contributed by atoms with Crippen molar-refractivity contribution in [3.05, 3.63) is 41.0 Å². The van der Waals surface area contributed by atoms with Gasteiger partial charge in [-0.05, 0) is 49.9 Å². The van der Waals surface area contributed by atoms with E-state index in [1.165, 1.54) is 0 Å². The third kappa shape index (κ3) is 5.21. The molecule has 3 N–H and O–H groups in total. The Morgan fingerprint density at radius 1 is 1.23 bits per heavy atom. The van der Waals surface area contributed by atoms with Gasteiger partial charge in [-0.1, -0.05) is 6.07 Å². The van der Waals surface area contributed by atoms with Crippen LogP contribution in [0.5, 0.6) is 6.01 Å². The van der Waals surface area contributed by atoms with E-state index in [0.717, 1.165) is 24.6 Å². The summed E-state index contributed by atoms with van der Waals surface area (Å²) in [5.74, 6) is -2.23. The van der Waals surface area contributed by atoms with Crippen molar-refractivity contribution in [1.82, 2.24) is 14.9 Å². The van der Waals surface area contributed by atoms with E-state index in [0.29, 0.717) is 37.1 Å². The molecule has 0 bridgehead atoms. The molecule has 1 saturated carbocycles. The van der Waals surface area contributed by atoms with Gasteiger partial charge in [0.25, 0.3) is 0 Å².